The zero-order valence-electron chi connectivity index (χ0n) is 23.8. The molecule has 0 amide bonds. The molecule has 6 heterocycles. The number of piperazine rings is 1. The van der Waals surface area contributed by atoms with Gasteiger partial charge in [0.25, 0.3) is 0 Å². The van der Waals surface area contributed by atoms with Crippen LogP contribution in [-0.4, -0.2) is 71.6 Å². The SMILES string of the molecule is CCc1c(F)ccc2cc(O)cc(-c3csc4c(N5CC6CCC(C5)N6)nc(OC[C@@]56CCCN5C[C@H](F)C6)cc34)c12. The molecule has 4 aliphatic heterocycles. The van der Waals surface area contributed by atoms with E-state index in [4.69, 9.17) is 9.72 Å². The summed E-state index contributed by atoms with van der Waals surface area (Å²) >= 11 is 1.64. The molecular weight excluding hydrogens is 554 g/mol. The van der Waals surface area contributed by atoms with E-state index in [1.54, 1.807) is 29.5 Å². The Labute approximate surface area is 248 Å². The molecule has 4 fully saturated rings. The van der Waals surface area contributed by atoms with E-state index in [2.05, 4.69) is 20.5 Å². The highest BCUT2D eigenvalue weighted by molar-refractivity contribution is 7.18. The van der Waals surface area contributed by atoms with Crippen molar-refractivity contribution in [3.05, 3.63) is 47.1 Å². The number of phenolic OH excluding ortho intramolecular Hbond substituents is 1. The topological polar surface area (TPSA) is 60.9 Å². The van der Waals surface area contributed by atoms with Crippen molar-refractivity contribution in [2.75, 3.05) is 37.7 Å². The molecule has 4 aromatic rings. The van der Waals surface area contributed by atoms with E-state index in [1.807, 2.05) is 13.0 Å². The number of ether oxygens (including phenoxy) is 1. The Morgan fingerprint density at radius 2 is 1.98 bits per heavy atom. The molecule has 2 bridgehead atoms. The van der Waals surface area contributed by atoms with Crippen molar-refractivity contribution in [1.82, 2.24) is 15.2 Å². The van der Waals surface area contributed by atoms with Crippen LogP contribution in [0.1, 0.15) is 44.6 Å². The third-order valence-electron chi connectivity index (χ3n) is 10.1. The molecule has 4 aliphatic rings. The zero-order valence-corrected chi connectivity index (χ0v) is 24.7. The van der Waals surface area contributed by atoms with E-state index >= 15 is 4.39 Å². The smallest absolute Gasteiger partial charge is 0.215 e. The summed E-state index contributed by atoms with van der Waals surface area (Å²) in [7, 11) is 0. The van der Waals surface area contributed by atoms with Gasteiger partial charge in [0, 0.05) is 55.2 Å². The predicted molar refractivity (Wildman–Crippen MR) is 164 cm³/mol. The summed E-state index contributed by atoms with van der Waals surface area (Å²) < 4.78 is 37.1. The van der Waals surface area contributed by atoms with Crippen LogP contribution in [0.3, 0.4) is 0 Å². The summed E-state index contributed by atoms with van der Waals surface area (Å²) in [5.74, 6) is 1.37. The average Bonchev–Trinajstić information content (AvgIpc) is 3.73. The van der Waals surface area contributed by atoms with Crippen LogP contribution in [0.15, 0.2) is 35.7 Å². The lowest BCUT2D eigenvalue weighted by Gasteiger charge is -2.34. The molecule has 0 aliphatic carbocycles. The molecule has 0 spiro atoms. The number of aryl methyl sites for hydroxylation is 1. The third kappa shape index (κ3) is 4.26. The number of pyridine rings is 1. The summed E-state index contributed by atoms with van der Waals surface area (Å²) in [6.07, 6.45) is 4.57. The van der Waals surface area contributed by atoms with Gasteiger partial charge in [0.05, 0.1) is 10.2 Å². The summed E-state index contributed by atoms with van der Waals surface area (Å²) in [6.45, 7) is 5.55. The number of alkyl halides is 1. The lowest BCUT2D eigenvalue weighted by Crippen LogP contribution is -2.51. The number of halogens is 2. The van der Waals surface area contributed by atoms with Gasteiger partial charge < -0.3 is 20.1 Å². The third-order valence-corrected chi connectivity index (χ3v) is 11.1. The molecule has 9 heteroatoms. The van der Waals surface area contributed by atoms with Crippen molar-refractivity contribution >= 4 is 38.0 Å². The highest BCUT2D eigenvalue weighted by Gasteiger charge is 2.49. The second-order valence-electron chi connectivity index (χ2n) is 12.7. The molecule has 4 saturated heterocycles. The summed E-state index contributed by atoms with van der Waals surface area (Å²) in [6, 6.07) is 9.58. The Bertz CT molecular complexity index is 1680. The van der Waals surface area contributed by atoms with Crippen LogP contribution in [0.2, 0.25) is 0 Å². The second-order valence-corrected chi connectivity index (χ2v) is 13.6. The summed E-state index contributed by atoms with van der Waals surface area (Å²) in [5, 5.41) is 19.2. The average molecular weight is 591 g/mol. The molecule has 8 rings (SSSR count). The van der Waals surface area contributed by atoms with Crippen LogP contribution in [0.5, 0.6) is 11.6 Å². The molecule has 2 aromatic heterocycles. The van der Waals surface area contributed by atoms with E-state index in [-0.39, 0.29) is 17.1 Å². The Balaban J connectivity index is 1.27. The first-order valence-corrected chi connectivity index (χ1v) is 16.2. The van der Waals surface area contributed by atoms with Gasteiger partial charge in [0.1, 0.15) is 24.3 Å². The van der Waals surface area contributed by atoms with Crippen LogP contribution < -0.4 is 15.0 Å². The van der Waals surface area contributed by atoms with Gasteiger partial charge in [-0.15, -0.1) is 11.3 Å². The van der Waals surface area contributed by atoms with Gasteiger partial charge in [0.2, 0.25) is 5.88 Å². The first kappa shape index (κ1) is 26.6. The summed E-state index contributed by atoms with van der Waals surface area (Å²) in [5.41, 5.74) is 2.13. The quantitative estimate of drug-likeness (QED) is 0.270. The fraction of sp³-hybridized carbons (Fsp3) is 0.485. The first-order valence-electron chi connectivity index (χ1n) is 15.3. The Kier molecular flexibility index (Phi) is 6.35. The fourth-order valence-electron chi connectivity index (χ4n) is 8.18. The molecule has 2 aromatic carbocycles. The highest BCUT2D eigenvalue weighted by Crippen LogP contribution is 2.46. The predicted octanol–water partition coefficient (Wildman–Crippen LogP) is 6.42. The van der Waals surface area contributed by atoms with E-state index in [0.717, 1.165) is 70.3 Å². The number of rotatable bonds is 6. The van der Waals surface area contributed by atoms with Crippen molar-refractivity contribution in [1.29, 1.82) is 0 Å². The molecule has 0 saturated carbocycles. The number of hydrogen-bond donors (Lipinski definition) is 2. The van der Waals surface area contributed by atoms with Crippen molar-refractivity contribution in [2.24, 2.45) is 0 Å². The van der Waals surface area contributed by atoms with Crippen LogP contribution in [0.4, 0.5) is 14.6 Å². The van der Waals surface area contributed by atoms with Crippen molar-refractivity contribution in [2.45, 2.75) is 69.2 Å². The van der Waals surface area contributed by atoms with Gasteiger partial charge >= 0.3 is 0 Å². The number of thiophene rings is 1. The molecule has 0 radical (unpaired) electrons. The van der Waals surface area contributed by atoms with E-state index < -0.39 is 6.17 Å². The maximum absolute atomic E-state index is 15.1. The van der Waals surface area contributed by atoms with Gasteiger partial charge in [-0.1, -0.05) is 13.0 Å². The largest absolute Gasteiger partial charge is 0.508 e. The van der Waals surface area contributed by atoms with Crippen molar-refractivity contribution in [3.8, 4) is 22.8 Å². The Hall–Kier alpha value is -3.01. The Morgan fingerprint density at radius 1 is 1.14 bits per heavy atom. The number of benzene rings is 2. The minimum atomic E-state index is -0.813. The van der Waals surface area contributed by atoms with Crippen LogP contribution in [-0.2, 0) is 6.42 Å². The van der Waals surface area contributed by atoms with Crippen molar-refractivity contribution < 1.29 is 18.6 Å². The van der Waals surface area contributed by atoms with E-state index in [9.17, 15) is 9.50 Å². The minimum absolute atomic E-state index is 0.150. The number of anilines is 1. The Morgan fingerprint density at radius 3 is 2.79 bits per heavy atom. The lowest BCUT2D eigenvalue weighted by atomic mass is 9.92. The number of fused-ring (bicyclic) bond motifs is 5. The number of hydrogen-bond acceptors (Lipinski definition) is 7. The molecule has 4 atom stereocenters. The normalized spacial score (nSPS) is 27.4. The highest BCUT2D eigenvalue weighted by atomic mass is 32.1. The van der Waals surface area contributed by atoms with Crippen LogP contribution in [0, 0.1) is 5.82 Å². The summed E-state index contributed by atoms with van der Waals surface area (Å²) in [4.78, 5) is 9.76. The molecule has 2 N–H and O–H groups in total. The monoisotopic (exact) mass is 590 g/mol. The van der Waals surface area contributed by atoms with Gasteiger partial charge in [-0.3, -0.25) is 4.90 Å². The number of phenols is 1. The first-order chi connectivity index (χ1) is 20.4. The number of aromatic hydroxyl groups is 1. The number of nitrogens with one attached hydrogen (secondary N) is 1. The number of aromatic nitrogens is 1. The molecule has 6 nitrogen and oxygen atoms in total. The second kappa shape index (κ2) is 10.0. The maximum Gasteiger partial charge on any atom is 0.215 e. The minimum Gasteiger partial charge on any atom is -0.508 e. The van der Waals surface area contributed by atoms with Gasteiger partial charge in [-0.2, -0.15) is 4.98 Å². The molecule has 42 heavy (non-hydrogen) atoms. The van der Waals surface area contributed by atoms with E-state index in [0.29, 0.717) is 49.5 Å². The standard InChI is InChI=1S/C33H36F2N4O2S/c1-2-24-28(35)7-4-19-10-23(40)11-25(30(19)24)27-17-42-31-26(27)12-29(37-32(31)38-15-21-5-6-22(16-38)36-21)41-18-33-8-3-9-39(33)14-20(34)13-33/h4,7,10-12,17,20-22,36,40H,2-3,5-6,8-9,13-16,18H2,1H3/t20-,21?,22?,33+/m1/s1. The van der Waals surface area contributed by atoms with Crippen molar-refractivity contribution in [3.63, 3.8) is 0 Å². The number of nitrogens with zero attached hydrogens (tertiary/aromatic N) is 3. The zero-order chi connectivity index (χ0) is 28.6. The molecule has 220 valence electrons. The van der Waals surface area contributed by atoms with Gasteiger partial charge in [-0.25, -0.2) is 8.78 Å². The maximum atomic E-state index is 15.1. The molecule has 2 unspecified atom stereocenters. The molecular formula is C33H36F2N4O2S. The van der Waals surface area contributed by atoms with Gasteiger partial charge in [-0.05, 0) is 84.1 Å². The fourth-order valence-corrected chi connectivity index (χ4v) is 9.24. The van der Waals surface area contributed by atoms with Crippen LogP contribution in [0.25, 0.3) is 32.0 Å². The van der Waals surface area contributed by atoms with Crippen LogP contribution >= 0.6 is 11.3 Å². The van der Waals surface area contributed by atoms with E-state index in [1.165, 1.54) is 18.9 Å². The lowest BCUT2D eigenvalue weighted by molar-refractivity contribution is 0.111. The van der Waals surface area contributed by atoms with Gasteiger partial charge in [0.15, 0.2) is 5.82 Å².